The predicted molar refractivity (Wildman–Crippen MR) is 116 cm³/mol. The van der Waals surface area contributed by atoms with Crippen molar-refractivity contribution in [2.75, 3.05) is 6.54 Å². The van der Waals surface area contributed by atoms with Crippen LogP contribution in [-0.4, -0.2) is 42.5 Å². The lowest BCUT2D eigenvalue weighted by Gasteiger charge is -2.34. The minimum atomic E-state index is -0.0148. The first-order chi connectivity index (χ1) is 14.7. The highest BCUT2D eigenvalue weighted by molar-refractivity contribution is 7.18. The zero-order valence-corrected chi connectivity index (χ0v) is 17.7. The number of hydrogen-bond donors (Lipinski definition) is 0. The van der Waals surface area contributed by atoms with Gasteiger partial charge in [0, 0.05) is 17.1 Å². The summed E-state index contributed by atoms with van der Waals surface area (Å²) in [5.74, 6) is 0.458. The second kappa shape index (κ2) is 8.12. The number of aromatic nitrogens is 5. The van der Waals surface area contributed by atoms with Crippen LogP contribution in [0.1, 0.15) is 30.3 Å². The third-order valence-electron chi connectivity index (χ3n) is 5.25. The maximum absolute atomic E-state index is 13.1. The second-order valence-corrected chi connectivity index (χ2v) is 8.77. The largest absolute Gasteiger partial charge is 0.332 e. The summed E-state index contributed by atoms with van der Waals surface area (Å²) in [7, 11) is 0. The molecule has 7 nitrogen and oxygen atoms in total. The van der Waals surface area contributed by atoms with Crippen LogP contribution in [0.3, 0.4) is 0 Å². The SMILES string of the molecule is O=C(Cn1nnc(-c2ccc(Cl)cc2)n1)N1CCCCC1c1nc2ccccc2s1. The van der Waals surface area contributed by atoms with Crippen LogP contribution in [0.2, 0.25) is 5.02 Å². The molecule has 3 heterocycles. The number of piperidine rings is 1. The van der Waals surface area contributed by atoms with E-state index in [1.54, 1.807) is 23.5 Å². The monoisotopic (exact) mass is 438 g/mol. The molecule has 30 heavy (non-hydrogen) atoms. The Morgan fingerprint density at radius 1 is 1.13 bits per heavy atom. The van der Waals surface area contributed by atoms with Crippen LogP contribution in [0.5, 0.6) is 0 Å². The van der Waals surface area contributed by atoms with Gasteiger partial charge in [0.1, 0.15) is 11.6 Å². The number of thiazole rings is 1. The number of para-hydroxylation sites is 1. The van der Waals surface area contributed by atoms with Crippen LogP contribution >= 0.6 is 22.9 Å². The molecule has 1 fully saturated rings. The highest BCUT2D eigenvalue weighted by Gasteiger charge is 2.30. The number of hydrogen-bond acceptors (Lipinski definition) is 6. The van der Waals surface area contributed by atoms with Gasteiger partial charge in [0.15, 0.2) is 0 Å². The van der Waals surface area contributed by atoms with Crippen molar-refractivity contribution in [3.63, 3.8) is 0 Å². The Labute approximate surface area is 182 Å². The molecular weight excluding hydrogens is 420 g/mol. The van der Waals surface area contributed by atoms with Crippen LogP contribution in [0.15, 0.2) is 48.5 Å². The van der Waals surface area contributed by atoms with Crippen LogP contribution < -0.4 is 0 Å². The van der Waals surface area contributed by atoms with Crippen molar-refractivity contribution in [3.8, 4) is 11.4 Å². The molecule has 4 aromatic rings. The first-order valence-corrected chi connectivity index (χ1v) is 11.1. The van der Waals surface area contributed by atoms with Crippen molar-refractivity contribution >= 4 is 39.1 Å². The van der Waals surface area contributed by atoms with Gasteiger partial charge in [-0.15, -0.1) is 21.5 Å². The summed E-state index contributed by atoms with van der Waals surface area (Å²) < 4.78 is 1.15. The van der Waals surface area contributed by atoms with Crippen molar-refractivity contribution in [1.29, 1.82) is 0 Å². The molecule has 0 radical (unpaired) electrons. The van der Waals surface area contributed by atoms with Crippen LogP contribution in [-0.2, 0) is 11.3 Å². The summed E-state index contributed by atoms with van der Waals surface area (Å²) in [5.41, 5.74) is 1.80. The van der Waals surface area contributed by atoms with E-state index in [9.17, 15) is 4.79 Å². The normalized spacial score (nSPS) is 16.8. The van der Waals surface area contributed by atoms with Gasteiger partial charge in [-0.25, -0.2) is 4.98 Å². The van der Waals surface area contributed by atoms with Gasteiger partial charge in [0.25, 0.3) is 0 Å². The van der Waals surface area contributed by atoms with E-state index < -0.39 is 0 Å². The molecule has 0 spiro atoms. The van der Waals surface area contributed by atoms with Crippen LogP contribution in [0, 0.1) is 0 Å². The number of benzene rings is 2. The predicted octanol–water partition coefficient (Wildman–Crippen LogP) is 4.36. The van der Waals surface area contributed by atoms with E-state index in [2.05, 4.69) is 21.5 Å². The third kappa shape index (κ3) is 3.80. The molecule has 0 bridgehead atoms. The molecule has 0 aliphatic carbocycles. The first kappa shape index (κ1) is 19.1. The minimum Gasteiger partial charge on any atom is -0.332 e. The van der Waals surface area contributed by atoms with Crippen molar-refractivity contribution in [1.82, 2.24) is 30.1 Å². The maximum atomic E-state index is 13.1. The molecule has 2 aromatic carbocycles. The highest BCUT2D eigenvalue weighted by Crippen LogP contribution is 2.35. The zero-order valence-electron chi connectivity index (χ0n) is 16.1. The fraction of sp³-hybridized carbons (Fsp3) is 0.286. The number of fused-ring (bicyclic) bond motifs is 1. The van der Waals surface area contributed by atoms with Crippen molar-refractivity contribution in [2.24, 2.45) is 0 Å². The van der Waals surface area contributed by atoms with E-state index in [0.717, 1.165) is 46.6 Å². The molecule has 0 N–H and O–H groups in total. The number of likely N-dealkylation sites (tertiary alicyclic amines) is 1. The molecule has 1 aliphatic heterocycles. The van der Waals surface area contributed by atoms with Gasteiger partial charge in [-0.3, -0.25) is 4.79 Å². The molecule has 1 saturated heterocycles. The lowest BCUT2D eigenvalue weighted by Crippen LogP contribution is -2.40. The smallest absolute Gasteiger partial charge is 0.246 e. The molecule has 0 saturated carbocycles. The number of nitrogens with zero attached hydrogens (tertiary/aromatic N) is 6. The van der Waals surface area contributed by atoms with E-state index in [0.29, 0.717) is 10.8 Å². The van der Waals surface area contributed by atoms with E-state index in [-0.39, 0.29) is 18.5 Å². The van der Waals surface area contributed by atoms with E-state index in [1.807, 2.05) is 35.2 Å². The second-order valence-electron chi connectivity index (χ2n) is 7.27. The molecule has 1 amide bonds. The zero-order chi connectivity index (χ0) is 20.5. The Balaban J connectivity index is 1.34. The first-order valence-electron chi connectivity index (χ1n) is 9.86. The van der Waals surface area contributed by atoms with Gasteiger partial charge < -0.3 is 4.90 Å². The summed E-state index contributed by atoms with van der Waals surface area (Å²) in [5, 5.41) is 14.2. The van der Waals surface area contributed by atoms with E-state index in [4.69, 9.17) is 16.6 Å². The highest BCUT2D eigenvalue weighted by atomic mass is 35.5. The number of carbonyl (C=O) groups is 1. The average Bonchev–Trinajstić information content (AvgIpc) is 3.41. The third-order valence-corrected chi connectivity index (χ3v) is 6.64. The Kier molecular flexibility index (Phi) is 5.18. The van der Waals surface area contributed by atoms with Gasteiger partial charge in [-0.2, -0.15) is 4.80 Å². The van der Waals surface area contributed by atoms with E-state index in [1.165, 1.54) is 4.80 Å². The molecule has 1 unspecified atom stereocenters. The number of halogens is 1. The molecular formula is C21H19ClN6OS. The van der Waals surface area contributed by atoms with Gasteiger partial charge in [0.05, 0.1) is 16.3 Å². The number of carbonyl (C=O) groups excluding carboxylic acids is 1. The van der Waals surface area contributed by atoms with Gasteiger partial charge in [-0.1, -0.05) is 23.7 Å². The van der Waals surface area contributed by atoms with Gasteiger partial charge in [0.2, 0.25) is 11.7 Å². The Bertz CT molecular complexity index is 1150. The molecule has 9 heteroatoms. The van der Waals surface area contributed by atoms with Gasteiger partial charge in [-0.05, 0) is 60.9 Å². The number of amides is 1. The topological polar surface area (TPSA) is 76.8 Å². The van der Waals surface area contributed by atoms with Crippen LogP contribution in [0.25, 0.3) is 21.6 Å². The standard InChI is InChI=1S/C21H19ClN6OS/c22-15-10-8-14(9-11-15)20-24-26-28(25-20)13-19(29)27-12-4-3-6-17(27)21-23-16-5-1-2-7-18(16)30-21/h1-2,5,7-11,17H,3-4,6,12-13H2. The lowest BCUT2D eigenvalue weighted by molar-refractivity contribution is -0.136. The summed E-state index contributed by atoms with van der Waals surface area (Å²) in [6.45, 7) is 0.778. The molecule has 1 atom stereocenters. The minimum absolute atomic E-state index is 0.00269. The fourth-order valence-corrected chi connectivity index (χ4v) is 5.00. The number of tetrazole rings is 1. The summed E-state index contributed by atoms with van der Waals surface area (Å²) >= 11 is 7.60. The number of rotatable bonds is 4. The Morgan fingerprint density at radius 3 is 2.80 bits per heavy atom. The molecule has 152 valence electrons. The Hall–Kier alpha value is -2.84. The van der Waals surface area contributed by atoms with Crippen molar-refractivity contribution < 1.29 is 4.79 Å². The summed E-state index contributed by atoms with van der Waals surface area (Å²) in [6.07, 6.45) is 3.01. The maximum Gasteiger partial charge on any atom is 0.246 e. The molecule has 1 aliphatic rings. The van der Waals surface area contributed by atoms with Crippen LogP contribution in [0.4, 0.5) is 0 Å². The summed E-state index contributed by atoms with van der Waals surface area (Å²) in [6, 6.07) is 15.3. The average molecular weight is 439 g/mol. The molecule has 5 rings (SSSR count). The molecule has 2 aromatic heterocycles. The Morgan fingerprint density at radius 2 is 1.97 bits per heavy atom. The quantitative estimate of drug-likeness (QED) is 0.473. The van der Waals surface area contributed by atoms with Crippen molar-refractivity contribution in [3.05, 3.63) is 58.6 Å². The summed E-state index contributed by atoms with van der Waals surface area (Å²) in [4.78, 5) is 21.2. The van der Waals surface area contributed by atoms with E-state index >= 15 is 0 Å². The lowest BCUT2D eigenvalue weighted by atomic mass is 10.0. The van der Waals surface area contributed by atoms with Gasteiger partial charge >= 0.3 is 0 Å². The fourth-order valence-electron chi connectivity index (χ4n) is 3.76. The van der Waals surface area contributed by atoms with Crippen molar-refractivity contribution in [2.45, 2.75) is 31.8 Å².